The summed E-state index contributed by atoms with van der Waals surface area (Å²) in [6.07, 6.45) is 2.22. The Hall–Kier alpha value is -0.860. The number of benzene rings is 1. The third-order valence-electron chi connectivity index (χ3n) is 4.50. The topological polar surface area (TPSA) is 76.7 Å². The Morgan fingerprint density at radius 2 is 1.92 bits per heavy atom. The minimum absolute atomic E-state index is 0. The molecule has 1 aromatic carbocycles. The molecule has 1 heterocycles. The largest absolute Gasteiger partial charge is 0.491 e. The molecule has 1 saturated heterocycles. The molecule has 8 heteroatoms. The van der Waals surface area contributed by atoms with Gasteiger partial charge in [0.1, 0.15) is 12.4 Å². The van der Waals surface area contributed by atoms with Gasteiger partial charge >= 0.3 is 0 Å². The Balaban J connectivity index is 0.00000312. The Morgan fingerprint density at radius 1 is 1.24 bits per heavy atom. The van der Waals surface area contributed by atoms with Crippen molar-refractivity contribution >= 4 is 22.4 Å². The monoisotopic (exact) mass is 392 g/mol. The van der Waals surface area contributed by atoms with E-state index in [0.717, 1.165) is 19.4 Å². The lowest BCUT2D eigenvalue weighted by Crippen LogP contribution is -2.52. The van der Waals surface area contributed by atoms with Crippen LogP contribution >= 0.6 is 12.4 Å². The zero-order valence-electron chi connectivity index (χ0n) is 15.1. The first-order valence-corrected chi connectivity index (χ1v) is 9.78. The summed E-state index contributed by atoms with van der Waals surface area (Å²) in [6.45, 7) is 6.59. The van der Waals surface area contributed by atoms with Gasteiger partial charge in [0.05, 0.1) is 11.5 Å². The van der Waals surface area contributed by atoms with E-state index in [0.29, 0.717) is 25.5 Å². The number of hydrogen-bond donors (Lipinski definition) is 2. The van der Waals surface area contributed by atoms with Gasteiger partial charge in [-0.15, -0.1) is 12.4 Å². The molecular formula is C17H29ClN2O4S. The minimum atomic E-state index is -3.52. The molecule has 0 saturated carbocycles. The van der Waals surface area contributed by atoms with Crippen LogP contribution in [0.15, 0.2) is 29.2 Å². The highest BCUT2D eigenvalue weighted by Gasteiger charge is 2.32. The van der Waals surface area contributed by atoms with Gasteiger partial charge in [0.2, 0.25) is 10.0 Å². The van der Waals surface area contributed by atoms with Crippen LogP contribution in [0.2, 0.25) is 0 Å². The first-order valence-electron chi connectivity index (χ1n) is 8.30. The van der Waals surface area contributed by atoms with E-state index in [9.17, 15) is 8.42 Å². The van der Waals surface area contributed by atoms with E-state index in [4.69, 9.17) is 9.47 Å². The molecular weight excluding hydrogens is 364 g/mol. The Kier molecular flexibility index (Phi) is 8.63. The molecule has 0 aromatic heterocycles. The van der Waals surface area contributed by atoms with Crippen molar-refractivity contribution in [3.8, 4) is 5.75 Å². The van der Waals surface area contributed by atoms with Crippen LogP contribution in [0.3, 0.4) is 0 Å². The summed E-state index contributed by atoms with van der Waals surface area (Å²) in [4.78, 5) is 0.246. The predicted octanol–water partition coefficient (Wildman–Crippen LogP) is 2.19. The standard InChI is InChI=1S/C17H28N2O4S.ClH/c1-17(2)9-4-10-18-16(17)13-19-24(20,21)15-7-5-14(6-8-15)23-12-11-22-3;/h5-8,16,18-19H,4,9-13H2,1-3H3;1H. The Morgan fingerprint density at radius 3 is 2.52 bits per heavy atom. The van der Waals surface area contributed by atoms with Gasteiger partial charge < -0.3 is 14.8 Å². The van der Waals surface area contributed by atoms with Crippen molar-refractivity contribution in [2.45, 2.75) is 37.6 Å². The van der Waals surface area contributed by atoms with Gasteiger partial charge in [0.25, 0.3) is 0 Å². The van der Waals surface area contributed by atoms with E-state index in [1.165, 1.54) is 0 Å². The second-order valence-corrected chi connectivity index (χ2v) is 8.53. The van der Waals surface area contributed by atoms with Crippen LogP contribution in [0.25, 0.3) is 0 Å². The molecule has 0 radical (unpaired) electrons. The van der Waals surface area contributed by atoms with E-state index < -0.39 is 10.0 Å². The Labute approximate surface area is 157 Å². The van der Waals surface area contributed by atoms with E-state index in [1.807, 2.05) is 0 Å². The molecule has 1 atom stereocenters. The lowest BCUT2D eigenvalue weighted by atomic mass is 9.78. The smallest absolute Gasteiger partial charge is 0.240 e. The summed E-state index contributed by atoms with van der Waals surface area (Å²) in [7, 11) is -1.92. The van der Waals surface area contributed by atoms with Crippen LogP contribution in [0.4, 0.5) is 0 Å². The summed E-state index contributed by atoms with van der Waals surface area (Å²) >= 11 is 0. The molecule has 0 spiro atoms. The molecule has 1 unspecified atom stereocenters. The molecule has 2 N–H and O–H groups in total. The van der Waals surface area contributed by atoms with Crippen LogP contribution in [-0.2, 0) is 14.8 Å². The molecule has 0 amide bonds. The lowest BCUT2D eigenvalue weighted by molar-refractivity contribution is 0.146. The minimum Gasteiger partial charge on any atom is -0.491 e. The van der Waals surface area contributed by atoms with Crippen LogP contribution in [0, 0.1) is 5.41 Å². The number of sulfonamides is 1. The van der Waals surface area contributed by atoms with Crippen molar-refractivity contribution < 1.29 is 17.9 Å². The van der Waals surface area contributed by atoms with Gasteiger partial charge in [-0.1, -0.05) is 13.8 Å². The normalized spacial score (nSPS) is 19.9. The number of piperidine rings is 1. The molecule has 144 valence electrons. The summed E-state index contributed by atoms with van der Waals surface area (Å²) in [5.74, 6) is 0.626. The summed E-state index contributed by atoms with van der Waals surface area (Å²) in [5.41, 5.74) is 0.0832. The highest BCUT2D eigenvalue weighted by molar-refractivity contribution is 7.89. The first-order chi connectivity index (χ1) is 11.3. The van der Waals surface area contributed by atoms with Gasteiger partial charge in [-0.25, -0.2) is 13.1 Å². The maximum Gasteiger partial charge on any atom is 0.240 e. The van der Waals surface area contributed by atoms with Crippen molar-refractivity contribution in [3.05, 3.63) is 24.3 Å². The average molecular weight is 393 g/mol. The number of ether oxygens (including phenoxy) is 2. The Bertz CT molecular complexity index is 620. The van der Waals surface area contributed by atoms with Crippen LogP contribution in [0.5, 0.6) is 5.75 Å². The lowest BCUT2D eigenvalue weighted by Gasteiger charge is -2.39. The highest BCUT2D eigenvalue weighted by Crippen LogP contribution is 2.29. The average Bonchev–Trinajstić information content (AvgIpc) is 2.54. The molecule has 1 aliphatic rings. The summed E-state index contributed by atoms with van der Waals surface area (Å²) in [5, 5.41) is 3.41. The third kappa shape index (κ3) is 6.42. The van der Waals surface area contributed by atoms with Crippen molar-refractivity contribution in [1.82, 2.24) is 10.0 Å². The molecule has 6 nitrogen and oxygen atoms in total. The maximum absolute atomic E-state index is 12.5. The molecule has 1 fully saturated rings. The van der Waals surface area contributed by atoms with Crippen molar-refractivity contribution in [2.24, 2.45) is 5.41 Å². The fourth-order valence-electron chi connectivity index (χ4n) is 2.85. The maximum atomic E-state index is 12.5. The van der Waals surface area contributed by atoms with Crippen molar-refractivity contribution in [3.63, 3.8) is 0 Å². The second kappa shape index (κ2) is 9.73. The van der Waals surface area contributed by atoms with Gasteiger partial charge in [-0.2, -0.15) is 0 Å². The second-order valence-electron chi connectivity index (χ2n) is 6.76. The summed E-state index contributed by atoms with van der Waals surface area (Å²) in [6, 6.07) is 6.58. The molecule has 2 rings (SSSR count). The van der Waals surface area contributed by atoms with Gasteiger partial charge in [-0.3, -0.25) is 0 Å². The van der Waals surface area contributed by atoms with Crippen molar-refractivity contribution in [2.75, 3.05) is 33.4 Å². The molecule has 1 aliphatic heterocycles. The highest BCUT2D eigenvalue weighted by atomic mass is 35.5. The SMILES string of the molecule is COCCOc1ccc(S(=O)(=O)NCC2NCCCC2(C)C)cc1.Cl. The zero-order valence-corrected chi connectivity index (χ0v) is 16.7. The van der Waals surface area contributed by atoms with Gasteiger partial charge in [0.15, 0.2) is 0 Å². The van der Waals surface area contributed by atoms with Crippen molar-refractivity contribution in [1.29, 1.82) is 0 Å². The van der Waals surface area contributed by atoms with Gasteiger partial charge in [0, 0.05) is 19.7 Å². The third-order valence-corrected chi connectivity index (χ3v) is 5.94. The fraction of sp³-hybridized carbons (Fsp3) is 0.647. The molecule has 0 aliphatic carbocycles. The van der Waals surface area contributed by atoms with E-state index in [1.54, 1.807) is 31.4 Å². The quantitative estimate of drug-likeness (QED) is 0.663. The van der Waals surface area contributed by atoms with Crippen LogP contribution < -0.4 is 14.8 Å². The molecule has 0 bridgehead atoms. The fourth-order valence-corrected chi connectivity index (χ4v) is 3.90. The summed E-state index contributed by atoms with van der Waals surface area (Å²) < 4.78 is 38.0. The van der Waals surface area contributed by atoms with E-state index in [-0.39, 0.29) is 28.8 Å². The van der Waals surface area contributed by atoms with E-state index in [2.05, 4.69) is 23.9 Å². The van der Waals surface area contributed by atoms with Gasteiger partial charge in [-0.05, 0) is 49.1 Å². The predicted molar refractivity (Wildman–Crippen MR) is 101 cm³/mol. The number of rotatable bonds is 8. The van der Waals surface area contributed by atoms with Crippen LogP contribution in [-0.4, -0.2) is 47.9 Å². The molecule has 25 heavy (non-hydrogen) atoms. The van der Waals surface area contributed by atoms with Crippen LogP contribution in [0.1, 0.15) is 26.7 Å². The number of nitrogens with one attached hydrogen (secondary N) is 2. The van der Waals surface area contributed by atoms with E-state index >= 15 is 0 Å². The number of hydrogen-bond acceptors (Lipinski definition) is 5. The number of halogens is 1. The zero-order chi connectivity index (χ0) is 17.6. The first kappa shape index (κ1) is 22.2. The molecule has 1 aromatic rings. The number of methoxy groups -OCH3 is 1.